The maximum absolute atomic E-state index is 11.8. The highest BCUT2D eigenvalue weighted by atomic mass is 16.5. The fraction of sp³-hybridized carbons (Fsp3) is 0.600. The van der Waals surface area contributed by atoms with E-state index in [2.05, 4.69) is 15.3 Å². The van der Waals surface area contributed by atoms with Gasteiger partial charge in [0.05, 0.1) is 13.7 Å². The number of ether oxygens (including phenoxy) is 2. The molecule has 1 saturated heterocycles. The quantitative estimate of drug-likeness (QED) is 0.345. The first-order chi connectivity index (χ1) is 9.43. The summed E-state index contributed by atoms with van der Waals surface area (Å²) in [4.78, 5) is 17.9. The number of nitrogen functional groups attached to an aromatic ring is 1. The molecule has 10 heteroatoms. The minimum absolute atomic E-state index is 0.0568. The summed E-state index contributed by atoms with van der Waals surface area (Å²) in [5, 5.41) is 31.2. The number of aromatic amines is 1. The summed E-state index contributed by atoms with van der Waals surface area (Å²) in [5.74, 6) is -0.151. The maximum Gasteiger partial charge on any atom is 0.298 e. The van der Waals surface area contributed by atoms with Crippen LogP contribution in [0, 0.1) is 0 Å². The normalized spacial score (nSPS) is 30.0. The van der Waals surface area contributed by atoms with E-state index in [1.165, 1.54) is 7.11 Å². The highest BCUT2D eigenvalue weighted by Crippen LogP contribution is 2.19. The molecule has 10 nitrogen and oxygen atoms in total. The van der Waals surface area contributed by atoms with E-state index in [0.29, 0.717) is 0 Å². The van der Waals surface area contributed by atoms with Crippen LogP contribution in [0.1, 0.15) is 0 Å². The zero-order valence-electron chi connectivity index (χ0n) is 10.6. The molecule has 1 aromatic rings. The number of methoxy groups -OCH3 is 1. The van der Waals surface area contributed by atoms with Crippen LogP contribution in [0.4, 0.5) is 11.5 Å². The Morgan fingerprint density at radius 1 is 1.45 bits per heavy atom. The van der Waals surface area contributed by atoms with Gasteiger partial charge in [0.2, 0.25) is 0 Å². The average Bonchev–Trinajstić information content (AvgIpc) is 2.42. The largest absolute Gasteiger partial charge is 0.468 e. The lowest BCUT2D eigenvalue weighted by Crippen LogP contribution is -2.55. The lowest BCUT2D eigenvalue weighted by molar-refractivity contribution is -0.178. The molecular formula is C10H16N4O6. The van der Waals surface area contributed by atoms with E-state index in [9.17, 15) is 20.1 Å². The number of aliphatic hydroxyl groups excluding tert-OH is 3. The topological polar surface area (TPSA) is 163 Å². The van der Waals surface area contributed by atoms with Crippen molar-refractivity contribution in [3.05, 3.63) is 10.4 Å². The molecule has 0 spiro atoms. The molecule has 20 heavy (non-hydrogen) atoms. The Morgan fingerprint density at radius 3 is 2.75 bits per heavy atom. The number of nitrogens with zero attached hydrogens (tertiary/aromatic N) is 1. The van der Waals surface area contributed by atoms with Gasteiger partial charge in [-0.1, -0.05) is 0 Å². The summed E-state index contributed by atoms with van der Waals surface area (Å²) in [6.45, 7) is -0.197. The first kappa shape index (κ1) is 14.5. The molecule has 1 fully saturated rings. The van der Waals surface area contributed by atoms with Crippen molar-refractivity contribution in [1.29, 1.82) is 0 Å². The van der Waals surface area contributed by atoms with E-state index in [1.807, 2.05) is 0 Å². The second-order valence-corrected chi connectivity index (χ2v) is 4.28. The molecule has 0 radical (unpaired) electrons. The summed E-state index contributed by atoms with van der Waals surface area (Å²) >= 11 is 0. The molecule has 4 atom stereocenters. The minimum atomic E-state index is -1.43. The van der Waals surface area contributed by atoms with Crippen molar-refractivity contribution in [2.75, 3.05) is 24.8 Å². The molecule has 0 unspecified atom stereocenters. The molecule has 1 aliphatic heterocycles. The maximum atomic E-state index is 11.8. The number of nitrogens with one attached hydrogen (secondary N) is 2. The van der Waals surface area contributed by atoms with Crippen molar-refractivity contribution in [2.24, 2.45) is 0 Å². The molecule has 2 rings (SSSR count). The van der Waals surface area contributed by atoms with Crippen LogP contribution in [0.15, 0.2) is 4.79 Å². The fourth-order valence-corrected chi connectivity index (χ4v) is 1.78. The molecule has 2 heterocycles. The van der Waals surface area contributed by atoms with E-state index >= 15 is 0 Å². The van der Waals surface area contributed by atoms with Crippen molar-refractivity contribution >= 4 is 11.5 Å². The number of hydrogen-bond donors (Lipinski definition) is 6. The Morgan fingerprint density at radius 2 is 2.15 bits per heavy atom. The van der Waals surface area contributed by atoms with Crippen molar-refractivity contribution in [3.8, 4) is 6.01 Å². The highest BCUT2D eigenvalue weighted by Gasteiger charge is 2.38. The summed E-state index contributed by atoms with van der Waals surface area (Å²) < 4.78 is 9.85. The van der Waals surface area contributed by atoms with Crippen LogP contribution < -0.4 is 21.3 Å². The third-order valence-electron chi connectivity index (χ3n) is 2.91. The Balaban J connectivity index is 2.20. The molecule has 1 aromatic heterocycles. The molecule has 7 N–H and O–H groups in total. The minimum Gasteiger partial charge on any atom is -0.468 e. The Bertz CT molecular complexity index is 535. The lowest BCUT2D eigenvalue weighted by Gasteiger charge is -2.35. The monoisotopic (exact) mass is 288 g/mol. The van der Waals surface area contributed by atoms with E-state index < -0.39 is 30.1 Å². The van der Waals surface area contributed by atoms with E-state index in [-0.39, 0.29) is 24.1 Å². The molecule has 0 amide bonds. The van der Waals surface area contributed by atoms with Crippen LogP contribution in [0.2, 0.25) is 0 Å². The SMILES string of the molecule is COc1nc(N)c(N[C@H]2OC[C@H](O)[C@@H](O)[C@@H]2O)c(=O)[nH]1. The van der Waals surface area contributed by atoms with Crippen molar-refractivity contribution in [2.45, 2.75) is 24.5 Å². The van der Waals surface area contributed by atoms with Gasteiger partial charge in [0.15, 0.2) is 12.0 Å². The number of H-pyrrole nitrogens is 1. The fourth-order valence-electron chi connectivity index (χ4n) is 1.78. The Hall–Kier alpha value is -1.88. The van der Waals surface area contributed by atoms with Crippen molar-refractivity contribution in [1.82, 2.24) is 9.97 Å². The van der Waals surface area contributed by atoms with Gasteiger partial charge in [0.25, 0.3) is 11.6 Å². The standard InChI is InChI=1S/C10H16N4O6/c1-19-10-13-7(11)4(8(18)14-10)12-9-6(17)5(16)3(15)2-20-9/h3,5-6,9,12,15-17H,2H2,1H3,(H3,11,13,14,18)/t3-,5+,6-,9-/m0/s1. The highest BCUT2D eigenvalue weighted by molar-refractivity contribution is 5.60. The third-order valence-corrected chi connectivity index (χ3v) is 2.91. The lowest BCUT2D eigenvalue weighted by atomic mass is 10.0. The van der Waals surface area contributed by atoms with Gasteiger partial charge in [-0.05, 0) is 0 Å². The smallest absolute Gasteiger partial charge is 0.298 e. The number of anilines is 2. The van der Waals surface area contributed by atoms with Crippen LogP contribution >= 0.6 is 0 Å². The van der Waals surface area contributed by atoms with Gasteiger partial charge in [-0.15, -0.1) is 0 Å². The van der Waals surface area contributed by atoms with Crippen LogP contribution in [-0.2, 0) is 4.74 Å². The first-order valence-corrected chi connectivity index (χ1v) is 5.80. The number of rotatable bonds is 3. The van der Waals surface area contributed by atoms with Crippen LogP contribution in [0.5, 0.6) is 6.01 Å². The summed E-state index contributed by atoms with van der Waals surface area (Å²) in [6.07, 6.45) is -5.13. The molecule has 0 saturated carbocycles. The third kappa shape index (κ3) is 2.67. The van der Waals surface area contributed by atoms with Crippen molar-refractivity contribution in [3.63, 3.8) is 0 Å². The Kier molecular flexibility index (Phi) is 4.09. The van der Waals surface area contributed by atoms with Gasteiger partial charge in [-0.25, -0.2) is 0 Å². The zero-order valence-corrected chi connectivity index (χ0v) is 10.6. The molecule has 0 aromatic carbocycles. The van der Waals surface area contributed by atoms with Gasteiger partial charge in [0.1, 0.15) is 24.0 Å². The van der Waals surface area contributed by atoms with Gasteiger partial charge < -0.3 is 35.8 Å². The molecular weight excluding hydrogens is 272 g/mol. The van der Waals surface area contributed by atoms with Crippen LogP contribution in [-0.4, -0.2) is 63.5 Å². The van der Waals surface area contributed by atoms with Crippen LogP contribution in [0.3, 0.4) is 0 Å². The Labute approximate surface area is 113 Å². The van der Waals surface area contributed by atoms with E-state index in [0.717, 1.165) is 0 Å². The van der Waals surface area contributed by atoms with Gasteiger partial charge in [-0.3, -0.25) is 9.78 Å². The van der Waals surface area contributed by atoms with E-state index in [4.69, 9.17) is 15.2 Å². The predicted octanol–water partition coefficient (Wildman–Crippen LogP) is -2.79. The number of nitrogens with two attached hydrogens (primary N) is 1. The summed E-state index contributed by atoms with van der Waals surface area (Å²) in [7, 11) is 1.32. The second kappa shape index (κ2) is 5.63. The van der Waals surface area contributed by atoms with Gasteiger partial charge in [-0.2, -0.15) is 4.98 Å². The average molecular weight is 288 g/mol. The first-order valence-electron chi connectivity index (χ1n) is 5.80. The molecule has 1 aliphatic rings. The molecule has 0 bridgehead atoms. The summed E-state index contributed by atoms with van der Waals surface area (Å²) in [6, 6.07) is -0.0568. The van der Waals surface area contributed by atoms with Crippen molar-refractivity contribution < 1.29 is 24.8 Å². The van der Waals surface area contributed by atoms with Crippen LogP contribution in [0.25, 0.3) is 0 Å². The predicted molar refractivity (Wildman–Crippen MR) is 67.2 cm³/mol. The van der Waals surface area contributed by atoms with E-state index in [1.54, 1.807) is 0 Å². The number of hydrogen-bond acceptors (Lipinski definition) is 9. The van der Waals surface area contributed by atoms with Gasteiger partial charge >= 0.3 is 0 Å². The molecule has 0 aliphatic carbocycles. The number of aromatic nitrogens is 2. The summed E-state index contributed by atoms with van der Waals surface area (Å²) in [5.41, 5.74) is 4.85. The van der Waals surface area contributed by atoms with Gasteiger partial charge in [0, 0.05) is 0 Å². The molecule has 112 valence electrons. The zero-order chi connectivity index (χ0) is 14.9. The second-order valence-electron chi connectivity index (χ2n) is 4.28. The number of aliphatic hydroxyl groups is 3.